The smallest absolute Gasteiger partial charge is 0.343 e. The standard InChI is InChI=1S/C20H21FN2O5/c1-20(2)6-5-12-16-10(7-15(27-3)18(25)17(16)21)13-8-14(24)11(19(26)28-4)9-22(13)23(12)20/h7-9,12,25H,5-6H2,1-4H3/t12-/m1/s1. The number of rotatable bonds is 2. The van der Waals surface area contributed by atoms with E-state index in [4.69, 9.17) is 9.47 Å². The Balaban J connectivity index is 2.09. The van der Waals surface area contributed by atoms with E-state index in [1.165, 1.54) is 32.5 Å². The van der Waals surface area contributed by atoms with Gasteiger partial charge in [0.25, 0.3) is 0 Å². The first-order valence-corrected chi connectivity index (χ1v) is 8.95. The second-order valence-corrected chi connectivity index (χ2v) is 7.69. The van der Waals surface area contributed by atoms with Crippen molar-refractivity contribution in [3.05, 3.63) is 45.5 Å². The van der Waals surface area contributed by atoms with E-state index >= 15 is 4.39 Å². The number of pyridine rings is 1. The third-order valence-electron chi connectivity index (χ3n) is 5.69. The Labute approximate surface area is 160 Å². The number of nitrogens with zero attached hydrogens (tertiary/aromatic N) is 2. The summed E-state index contributed by atoms with van der Waals surface area (Å²) in [5.41, 5.74) is 0.237. The van der Waals surface area contributed by atoms with Crippen molar-refractivity contribution in [2.45, 2.75) is 38.3 Å². The minimum absolute atomic E-state index is 0.0157. The zero-order valence-corrected chi connectivity index (χ0v) is 16.1. The molecule has 1 fully saturated rings. The summed E-state index contributed by atoms with van der Waals surface area (Å²) in [5.74, 6) is -2.04. The molecule has 1 aromatic heterocycles. The van der Waals surface area contributed by atoms with E-state index in [1.54, 1.807) is 4.68 Å². The minimum Gasteiger partial charge on any atom is -0.502 e. The largest absolute Gasteiger partial charge is 0.502 e. The summed E-state index contributed by atoms with van der Waals surface area (Å²) in [7, 11) is 2.55. The number of ether oxygens (including phenoxy) is 2. The fraction of sp³-hybridized carbons (Fsp3) is 0.400. The Morgan fingerprint density at radius 3 is 2.68 bits per heavy atom. The molecule has 0 bridgehead atoms. The van der Waals surface area contributed by atoms with Gasteiger partial charge in [0.15, 0.2) is 22.7 Å². The molecule has 0 saturated carbocycles. The predicted molar refractivity (Wildman–Crippen MR) is 99.9 cm³/mol. The van der Waals surface area contributed by atoms with Crippen molar-refractivity contribution in [1.82, 2.24) is 4.68 Å². The summed E-state index contributed by atoms with van der Waals surface area (Å²) in [6, 6.07) is 2.47. The molecule has 1 aromatic carbocycles. The monoisotopic (exact) mass is 388 g/mol. The number of phenolic OH excluding ortho intramolecular Hbond substituents is 1. The highest BCUT2D eigenvalue weighted by Crippen LogP contribution is 2.51. The first-order chi connectivity index (χ1) is 13.2. The van der Waals surface area contributed by atoms with Gasteiger partial charge in [-0.05, 0) is 32.8 Å². The van der Waals surface area contributed by atoms with Crippen molar-refractivity contribution in [2.24, 2.45) is 0 Å². The normalized spacial score (nSPS) is 18.9. The molecule has 1 atom stereocenters. The van der Waals surface area contributed by atoms with Crippen LogP contribution in [0.4, 0.5) is 4.39 Å². The molecule has 148 valence electrons. The van der Waals surface area contributed by atoms with Crippen molar-refractivity contribution in [2.75, 3.05) is 19.2 Å². The molecule has 3 heterocycles. The molecular weight excluding hydrogens is 367 g/mol. The van der Waals surface area contributed by atoms with Crippen LogP contribution >= 0.6 is 0 Å². The molecule has 0 radical (unpaired) electrons. The number of esters is 1. The van der Waals surface area contributed by atoms with Crippen molar-refractivity contribution >= 4 is 5.97 Å². The highest BCUT2D eigenvalue weighted by molar-refractivity contribution is 5.89. The van der Waals surface area contributed by atoms with Crippen LogP contribution in [0.1, 0.15) is 48.7 Å². The van der Waals surface area contributed by atoms with E-state index < -0.39 is 23.0 Å². The van der Waals surface area contributed by atoms with Gasteiger partial charge in [0.05, 0.1) is 31.5 Å². The van der Waals surface area contributed by atoms with E-state index in [0.717, 1.165) is 6.42 Å². The molecule has 0 spiro atoms. The molecule has 8 heteroatoms. The second kappa shape index (κ2) is 5.98. The molecule has 1 saturated heterocycles. The number of methoxy groups -OCH3 is 2. The fourth-order valence-electron chi connectivity index (χ4n) is 4.35. The van der Waals surface area contributed by atoms with Crippen LogP contribution in [0, 0.1) is 5.82 Å². The maximum atomic E-state index is 15.2. The van der Waals surface area contributed by atoms with E-state index in [9.17, 15) is 14.7 Å². The minimum atomic E-state index is -0.752. The summed E-state index contributed by atoms with van der Waals surface area (Å²) in [5, 5.41) is 12.2. The maximum absolute atomic E-state index is 15.2. The highest BCUT2D eigenvalue weighted by Gasteiger charge is 2.47. The van der Waals surface area contributed by atoms with E-state index in [-0.39, 0.29) is 22.9 Å². The number of fused-ring (bicyclic) bond motifs is 6. The van der Waals surface area contributed by atoms with Gasteiger partial charge in [0, 0.05) is 23.4 Å². The van der Waals surface area contributed by atoms with Gasteiger partial charge in [-0.2, -0.15) is 0 Å². The highest BCUT2D eigenvalue weighted by atomic mass is 19.1. The van der Waals surface area contributed by atoms with E-state index in [1.807, 2.05) is 18.9 Å². The second-order valence-electron chi connectivity index (χ2n) is 7.69. The number of halogens is 1. The van der Waals surface area contributed by atoms with Crippen LogP contribution in [0.5, 0.6) is 11.5 Å². The average molecular weight is 388 g/mol. The van der Waals surface area contributed by atoms with Gasteiger partial charge in [-0.25, -0.2) is 9.18 Å². The van der Waals surface area contributed by atoms with Crippen LogP contribution in [-0.4, -0.2) is 35.5 Å². The van der Waals surface area contributed by atoms with Gasteiger partial charge in [0.1, 0.15) is 5.56 Å². The number of carbonyl (C=O) groups excluding carboxylic acids is 1. The zero-order valence-electron chi connectivity index (χ0n) is 16.1. The molecule has 4 rings (SSSR count). The van der Waals surface area contributed by atoms with Crippen molar-refractivity contribution in [3.63, 3.8) is 0 Å². The lowest BCUT2D eigenvalue weighted by atomic mass is 9.93. The molecule has 28 heavy (non-hydrogen) atoms. The number of hydrogen-bond acceptors (Lipinski definition) is 6. The Hall–Kier alpha value is -3.03. The zero-order chi connectivity index (χ0) is 20.4. The Kier molecular flexibility index (Phi) is 3.92. The Bertz CT molecular complexity index is 1060. The van der Waals surface area contributed by atoms with Crippen LogP contribution < -0.4 is 15.2 Å². The number of aromatic hydroxyl groups is 1. The SMILES string of the molecule is COC(=O)c1cn2c(cc1=O)-c1cc(OC)c(O)c(F)c1[C@H]1CCC(C)(C)N12. The number of carbonyl (C=O) groups is 1. The number of phenols is 1. The lowest BCUT2D eigenvalue weighted by Gasteiger charge is -2.44. The Morgan fingerprint density at radius 1 is 1.32 bits per heavy atom. The summed E-state index contributed by atoms with van der Waals surface area (Å²) in [6.07, 6.45) is 2.87. The molecule has 0 unspecified atom stereocenters. The molecule has 0 aliphatic carbocycles. The molecule has 2 aromatic rings. The molecule has 1 N–H and O–H groups in total. The average Bonchev–Trinajstić information content (AvgIpc) is 2.98. The van der Waals surface area contributed by atoms with Crippen LogP contribution in [0.15, 0.2) is 23.1 Å². The predicted octanol–water partition coefficient (Wildman–Crippen LogP) is 2.72. The summed E-state index contributed by atoms with van der Waals surface area (Å²) >= 11 is 0. The maximum Gasteiger partial charge on any atom is 0.343 e. The number of aromatic nitrogens is 1. The number of hydrogen-bond donors (Lipinski definition) is 1. The first kappa shape index (κ1) is 18.3. The topological polar surface area (TPSA) is 81.0 Å². The molecule has 2 aliphatic rings. The summed E-state index contributed by atoms with van der Waals surface area (Å²) in [4.78, 5) is 24.6. The van der Waals surface area contributed by atoms with Crippen LogP contribution in [0.25, 0.3) is 11.3 Å². The lowest BCUT2D eigenvalue weighted by molar-refractivity contribution is 0.0598. The molecular formula is C20H21FN2O5. The van der Waals surface area contributed by atoms with Gasteiger partial charge >= 0.3 is 5.97 Å². The van der Waals surface area contributed by atoms with Gasteiger partial charge in [-0.15, -0.1) is 0 Å². The molecule has 7 nitrogen and oxygen atoms in total. The van der Waals surface area contributed by atoms with Crippen LogP contribution in [-0.2, 0) is 4.74 Å². The van der Waals surface area contributed by atoms with Gasteiger partial charge in [0.2, 0.25) is 0 Å². The van der Waals surface area contributed by atoms with Crippen molar-refractivity contribution in [1.29, 1.82) is 0 Å². The van der Waals surface area contributed by atoms with Crippen LogP contribution in [0.3, 0.4) is 0 Å². The third kappa shape index (κ3) is 2.33. The lowest BCUT2D eigenvalue weighted by Crippen LogP contribution is -2.50. The summed E-state index contributed by atoms with van der Waals surface area (Å²) in [6.45, 7) is 4.03. The van der Waals surface area contributed by atoms with Crippen molar-refractivity contribution < 1.29 is 23.8 Å². The van der Waals surface area contributed by atoms with Gasteiger partial charge in [-0.3, -0.25) is 14.5 Å². The number of benzene rings is 1. The fourth-order valence-corrected chi connectivity index (χ4v) is 4.35. The van der Waals surface area contributed by atoms with Gasteiger partial charge in [-0.1, -0.05) is 0 Å². The third-order valence-corrected chi connectivity index (χ3v) is 5.69. The molecule has 2 aliphatic heterocycles. The van der Waals surface area contributed by atoms with Crippen LogP contribution in [0.2, 0.25) is 0 Å². The summed E-state index contributed by atoms with van der Waals surface area (Å²) < 4.78 is 26.7. The quantitative estimate of drug-likeness (QED) is 0.797. The van der Waals surface area contributed by atoms with E-state index in [0.29, 0.717) is 23.2 Å². The van der Waals surface area contributed by atoms with E-state index in [2.05, 4.69) is 0 Å². The molecule has 0 amide bonds. The van der Waals surface area contributed by atoms with Crippen molar-refractivity contribution in [3.8, 4) is 22.8 Å². The Morgan fingerprint density at radius 2 is 2.04 bits per heavy atom. The van der Waals surface area contributed by atoms with Gasteiger partial charge < -0.3 is 14.6 Å². The first-order valence-electron chi connectivity index (χ1n) is 8.95.